The number of methoxy groups -OCH3 is 2. The van der Waals surface area contributed by atoms with E-state index in [0.717, 1.165) is 39.0 Å². The number of rotatable bonds is 10. The van der Waals surface area contributed by atoms with Gasteiger partial charge in [-0.2, -0.15) is 0 Å². The lowest BCUT2D eigenvalue weighted by atomic mass is 10.1. The van der Waals surface area contributed by atoms with Crippen LogP contribution in [-0.2, 0) is 11.3 Å². The standard InChI is InChI=1S/C37H33N3O4S/c1-4-40-31-13-9-8-12-29(31)30-23-27(17-20-32(30)40)39-37(42)35(24-10-6-5-7-11-24)45-28-18-15-26(16-19-28)38-36(41)25-14-21-33(43-2)34(22-25)44-3/h5-23,35H,4H2,1-3H3,(H,38,41)(H,39,42). The molecule has 1 unspecified atom stereocenters. The van der Waals surface area contributed by atoms with Crippen LogP contribution in [0.5, 0.6) is 11.5 Å². The Hall–Kier alpha value is -5.21. The van der Waals surface area contributed by atoms with Crippen molar-refractivity contribution >= 4 is 56.8 Å². The maximum atomic E-state index is 13.8. The number of carbonyl (C=O) groups excluding carboxylic acids is 2. The fourth-order valence-electron chi connectivity index (χ4n) is 5.51. The molecule has 2 amide bonds. The number of anilines is 2. The molecule has 7 nitrogen and oxygen atoms in total. The molecule has 0 saturated carbocycles. The van der Waals surface area contributed by atoms with Gasteiger partial charge in [0.25, 0.3) is 5.91 Å². The van der Waals surface area contributed by atoms with Gasteiger partial charge in [-0.3, -0.25) is 9.59 Å². The molecule has 0 radical (unpaired) electrons. The summed E-state index contributed by atoms with van der Waals surface area (Å²) >= 11 is 1.46. The number of benzene rings is 5. The topological polar surface area (TPSA) is 81.6 Å². The lowest BCUT2D eigenvalue weighted by molar-refractivity contribution is -0.115. The largest absolute Gasteiger partial charge is 0.493 e. The summed E-state index contributed by atoms with van der Waals surface area (Å²) < 4.78 is 12.9. The van der Waals surface area contributed by atoms with E-state index in [4.69, 9.17) is 9.47 Å². The molecule has 0 aliphatic rings. The van der Waals surface area contributed by atoms with Gasteiger partial charge in [-0.25, -0.2) is 0 Å². The number of carbonyl (C=O) groups is 2. The highest BCUT2D eigenvalue weighted by atomic mass is 32.2. The third kappa shape index (κ3) is 6.23. The van der Waals surface area contributed by atoms with Crippen molar-refractivity contribution in [1.29, 1.82) is 0 Å². The molecule has 0 fully saturated rings. The van der Waals surface area contributed by atoms with Gasteiger partial charge < -0.3 is 24.7 Å². The fourth-order valence-corrected chi connectivity index (χ4v) is 6.54. The van der Waals surface area contributed by atoms with Crippen LogP contribution in [0.4, 0.5) is 11.4 Å². The van der Waals surface area contributed by atoms with E-state index in [9.17, 15) is 9.59 Å². The van der Waals surface area contributed by atoms with Gasteiger partial charge in [0.15, 0.2) is 11.5 Å². The summed E-state index contributed by atoms with van der Waals surface area (Å²) in [6, 6.07) is 36.7. The number of amides is 2. The number of hydrogen-bond donors (Lipinski definition) is 2. The number of ether oxygens (including phenoxy) is 2. The second kappa shape index (κ2) is 13.2. The van der Waals surface area contributed by atoms with Crippen LogP contribution in [0.25, 0.3) is 21.8 Å². The molecule has 2 N–H and O–H groups in total. The predicted octanol–water partition coefficient (Wildman–Crippen LogP) is 8.56. The van der Waals surface area contributed by atoms with Gasteiger partial charge in [-0.05, 0) is 79.2 Å². The molecule has 1 heterocycles. The highest BCUT2D eigenvalue weighted by Crippen LogP contribution is 2.38. The molecule has 6 aromatic rings. The number of fused-ring (bicyclic) bond motifs is 3. The lowest BCUT2D eigenvalue weighted by Gasteiger charge is -2.18. The van der Waals surface area contributed by atoms with Crippen LogP contribution in [-0.4, -0.2) is 30.6 Å². The first kappa shape index (κ1) is 29.8. The van der Waals surface area contributed by atoms with Gasteiger partial charge >= 0.3 is 0 Å². The monoisotopic (exact) mass is 615 g/mol. The SMILES string of the molecule is CCn1c2ccccc2c2cc(NC(=O)C(Sc3ccc(NC(=O)c4ccc(OC)c(OC)c4)cc3)c3ccccc3)ccc21. The number of nitrogens with one attached hydrogen (secondary N) is 2. The molecule has 1 aromatic heterocycles. The van der Waals surface area contributed by atoms with Crippen molar-refractivity contribution < 1.29 is 19.1 Å². The molecule has 0 saturated heterocycles. The Kier molecular flexibility index (Phi) is 8.75. The predicted molar refractivity (Wildman–Crippen MR) is 183 cm³/mol. The van der Waals surface area contributed by atoms with E-state index < -0.39 is 5.25 Å². The molecule has 6 rings (SSSR count). The van der Waals surface area contributed by atoms with Crippen molar-refractivity contribution in [3.63, 3.8) is 0 Å². The van der Waals surface area contributed by atoms with Crippen molar-refractivity contribution in [2.75, 3.05) is 24.9 Å². The van der Waals surface area contributed by atoms with Crippen LogP contribution in [0.3, 0.4) is 0 Å². The van der Waals surface area contributed by atoms with E-state index in [1.807, 2.05) is 66.7 Å². The maximum absolute atomic E-state index is 13.8. The van der Waals surface area contributed by atoms with Gasteiger partial charge in [-0.15, -0.1) is 11.8 Å². The van der Waals surface area contributed by atoms with Crippen LogP contribution in [0.1, 0.15) is 28.1 Å². The van der Waals surface area contributed by atoms with E-state index in [0.29, 0.717) is 22.7 Å². The highest BCUT2D eigenvalue weighted by Gasteiger charge is 2.23. The van der Waals surface area contributed by atoms with E-state index in [1.165, 1.54) is 24.4 Å². The molecular weight excluding hydrogens is 582 g/mol. The zero-order valence-corrected chi connectivity index (χ0v) is 26.1. The lowest BCUT2D eigenvalue weighted by Crippen LogP contribution is -2.19. The summed E-state index contributed by atoms with van der Waals surface area (Å²) in [6.07, 6.45) is 0. The summed E-state index contributed by atoms with van der Waals surface area (Å²) in [4.78, 5) is 27.6. The average Bonchev–Trinajstić information content (AvgIpc) is 3.40. The van der Waals surface area contributed by atoms with Gasteiger partial charge in [0.2, 0.25) is 5.91 Å². The molecule has 0 spiro atoms. The minimum absolute atomic E-state index is 0.115. The maximum Gasteiger partial charge on any atom is 0.255 e. The Morgan fingerprint density at radius 3 is 2.13 bits per heavy atom. The quantitative estimate of drug-likeness (QED) is 0.151. The molecule has 1 atom stereocenters. The number of nitrogens with zero attached hydrogens (tertiary/aromatic N) is 1. The third-order valence-corrected chi connectivity index (χ3v) is 8.97. The second-order valence-corrected chi connectivity index (χ2v) is 11.6. The summed E-state index contributed by atoms with van der Waals surface area (Å²) in [6.45, 7) is 3.00. The van der Waals surface area contributed by atoms with Crippen molar-refractivity contribution in [2.45, 2.75) is 23.6 Å². The number of hydrogen-bond acceptors (Lipinski definition) is 5. The minimum Gasteiger partial charge on any atom is -0.493 e. The van der Waals surface area contributed by atoms with Gasteiger partial charge in [0, 0.05) is 50.2 Å². The van der Waals surface area contributed by atoms with Crippen LogP contribution < -0.4 is 20.1 Å². The Morgan fingerprint density at radius 2 is 1.40 bits per heavy atom. The molecular formula is C37H33N3O4S. The summed E-state index contributed by atoms with van der Waals surface area (Å²) in [5.74, 6) is 0.652. The second-order valence-electron chi connectivity index (χ2n) is 10.4. The Balaban J connectivity index is 1.20. The van der Waals surface area contributed by atoms with Crippen molar-refractivity contribution in [2.24, 2.45) is 0 Å². The van der Waals surface area contributed by atoms with E-state index in [-0.39, 0.29) is 11.8 Å². The summed E-state index contributed by atoms with van der Waals surface area (Å²) in [5, 5.41) is 7.88. The van der Waals surface area contributed by atoms with E-state index in [2.05, 4.69) is 52.5 Å². The smallest absolute Gasteiger partial charge is 0.255 e. The fraction of sp³-hybridized carbons (Fsp3) is 0.135. The molecule has 0 aliphatic carbocycles. The first-order chi connectivity index (χ1) is 22.0. The van der Waals surface area contributed by atoms with Gasteiger partial charge in [-0.1, -0.05) is 48.5 Å². The van der Waals surface area contributed by atoms with Gasteiger partial charge in [0.05, 0.1) is 14.2 Å². The highest BCUT2D eigenvalue weighted by molar-refractivity contribution is 8.00. The number of aromatic nitrogens is 1. The van der Waals surface area contributed by atoms with Gasteiger partial charge in [0.1, 0.15) is 5.25 Å². The zero-order valence-electron chi connectivity index (χ0n) is 25.2. The van der Waals surface area contributed by atoms with Crippen molar-refractivity contribution in [3.8, 4) is 11.5 Å². The summed E-state index contributed by atoms with van der Waals surface area (Å²) in [7, 11) is 3.08. The van der Waals surface area contributed by atoms with Crippen molar-refractivity contribution in [1.82, 2.24) is 4.57 Å². The third-order valence-electron chi connectivity index (χ3n) is 7.71. The Labute approximate surface area is 266 Å². The molecule has 8 heteroatoms. The summed E-state index contributed by atoms with van der Waals surface area (Å²) in [5.41, 5.74) is 5.06. The van der Waals surface area contributed by atoms with E-state index in [1.54, 1.807) is 25.3 Å². The van der Waals surface area contributed by atoms with Crippen LogP contribution in [0.15, 0.2) is 120 Å². The first-order valence-electron chi connectivity index (χ1n) is 14.7. The average molecular weight is 616 g/mol. The molecule has 45 heavy (non-hydrogen) atoms. The number of para-hydroxylation sites is 1. The van der Waals surface area contributed by atoms with Crippen LogP contribution >= 0.6 is 11.8 Å². The first-order valence-corrected chi connectivity index (χ1v) is 15.5. The minimum atomic E-state index is -0.494. The zero-order chi connectivity index (χ0) is 31.3. The van der Waals surface area contributed by atoms with E-state index >= 15 is 0 Å². The Morgan fingerprint density at radius 1 is 0.711 bits per heavy atom. The van der Waals surface area contributed by atoms with Crippen LogP contribution in [0, 0.1) is 0 Å². The normalized spacial score (nSPS) is 11.7. The number of thioether (sulfide) groups is 1. The molecule has 0 bridgehead atoms. The number of aryl methyl sites for hydroxylation is 1. The molecule has 226 valence electrons. The molecule has 5 aromatic carbocycles. The van der Waals surface area contributed by atoms with Crippen LogP contribution in [0.2, 0.25) is 0 Å². The Bertz CT molecular complexity index is 1990. The molecule has 0 aliphatic heterocycles. The van der Waals surface area contributed by atoms with Crippen molar-refractivity contribution in [3.05, 3.63) is 126 Å².